The van der Waals surface area contributed by atoms with E-state index in [9.17, 15) is 14.9 Å². The van der Waals surface area contributed by atoms with Gasteiger partial charge in [0.2, 0.25) is 0 Å². The van der Waals surface area contributed by atoms with Crippen LogP contribution in [0, 0.1) is 32.1 Å². The van der Waals surface area contributed by atoms with E-state index in [1.165, 1.54) is 12.1 Å². The Morgan fingerprint density at radius 1 is 1.07 bits per heavy atom. The summed E-state index contributed by atoms with van der Waals surface area (Å²) in [7, 11) is 0. The van der Waals surface area contributed by atoms with Gasteiger partial charge in [-0.25, -0.2) is 4.79 Å². The van der Waals surface area contributed by atoms with Gasteiger partial charge in [0.1, 0.15) is 23.2 Å². The number of carboxylic acid groups (broad SMARTS) is 1. The van der Waals surface area contributed by atoms with E-state index < -0.39 is 11.9 Å². The summed E-state index contributed by atoms with van der Waals surface area (Å²) in [5.74, 6) is -0.658. The van der Waals surface area contributed by atoms with Crippen LogP contribution in [0.1, 0.15) is 32.8 Å². The number of carbonyl (C=O) groups is 2. The standard InChI is InChI=1S/C24H20N2O4/c1-14-5-4-6-21(16(14)3)26-23(27)18(13-25)12-19-8-10-22(30-19)20-9-7-17(24(28)29)11-15(20)2/h4-12H,1-3H3,(H,26,27)(H,28,29)/b18-12-. The second kappa shape index (κ2) is 8.50. The van der Waals surface area contributed by atoms with Gasteiger partial charge in [-0.2, -0.15) is 5.26 Å². The van der Waals surface area contributed by atoms with E-state index in [-0.39, 0.29) is 11.1 Å². The molecule has 1 aromatic heterocycles. The first-order valence-corrected chi connectivity index (χ1v) is 9.23. The Balaban J connectivity index is 1.85. The number of rotatable bonds is 5. The van der Waals surface area contributed by atoms with Gasteiger partial charge in [-0.1, -0.05) is 18.2 Å². The van der Waals surface area contributed by atoms with E-state index in [2.05, 4.69) is 5.32 Å². The van der Waals surface area contributed by atoms with Crippen LogP contribution < -0.4 is 5.32 Å². The number of benzene rings is 2. The Bertz CT molecular complexity index is 1210. The van der Waals surface area contributed by atoms with E-state index >= 15 is 0 Å². The topological polar surface area (TPSA) is 103 Å². The third kappa shape index (κ3) is 4.31. The van der Waals surface area contributed by atoms with Crippen LogP contribution in [0.2, 0.25) is 0 Å². The van der Waals surface area contributed by atoms with Crippen LogP contribution in [-0.4, -0.2) is 17.0 Å². The molecule has 6 heteroatoms. The molecule has 0 atom stereocenters. The lowest BCUT2D eigenvalue weighted by Gasteiger charge is -2.09. The van der Waals surface area contributed by atoms with Crippen LogP contribution in [-0.2, 0) is 4.79 Å². The molecule has 0 unspecified atom stereocenters. The lowest BCUT2D eigenvalue weighted by atomic mass is 10.0. The third-order valence-electron chi connectivity index (χ3n) is 4.87. The van der Waals surface area contributed by atoms with Crippen molar-refractivity contribution in [2.75, 3.05) is 5.32 Å². The van der Waals surface area contributed by atoms with Gasteiger partial charge in [0.05, 0.1) is 5.56 Å². The predicted molar refractivity (Wildman–Crippen MR) is 114 cm³/mol. The molecule has 0 aliphatic heterocycles. The maximum absolute atomic E-state index is 12.5. The van der Waals surface area contributed by atoms with Crippen LogP contribution in [0.3, 0.4) is 0 Å². The summed E-state index contributed by atoms with van der Waals surface area (Å²) in [5.41, 5.74) is 4.20. The summed E-state index contributed by atoms with van der Waals surface area (Å²) in [6.07, 6.45) is 1.38. The van der Waals surface area contributed by atoms with Gasteiger partial charge in [-0.05, 0) is 67.8 Å². The Morgan fingerprint density at radius 2 is 1.83 bits per heavy atom. The fourth-order valence-electron chi connectivity index (χ4n) is 3.02. The molecule has 2 aromatic carbocycles. The van der Waals surface area contributed by atoms with E-state index in [0.717, 1.165) is 22.3 Å². The number of carbonyl (C=O) groups excluding carboxylic acids is 1. The van der Waals surface area contributed by atoms with Crippen molar-refractivity contribution in [2.45, 2.75) is 20.8 Å². The number of hydrogen-bond donors (Lipinski definition) is 2. The molecule has 0 aliphatic rings. The van der Waals surface area contributed by atoms with Gasteiger partial charge in [0, 0.05) is 17.3 Å². The first kappa shape index (κ1) is 20.6. The van der Waals surface area contributed by atoms with E-state index in [1.54, 1.807) is 37.3 Å². The number of aromatic carboxylic acids is 1. The number of nitrogens with zero attached hydrogens (tertiary/aromatic N) is 1. The molecular formula is C24H20N2O4. The van der Waals surface area contributed by atoms with E-state index in [0.29, 0.717) is 17.2 Å². The fourth-order valence-corrected chi connectivity index (χ4v) is 3.02. The zero-order valence-electron chi connectivity index (χ0n) is 16.8. The third-order valence-corrected chi connectivity index (χ3v) is 4.87. The minimum absolute atomic E-state index is 0.0882. The SMILES string of the molecule is Cc1cc(C(=O)O)ccc1-c1ccc(/C=C(/C#N)C(=O)Nc2cccc(C)c2C)o1. The average Bonchev–Trinajstić information content (AvgIpc) is 3.17. The fraction of sp³-hybridized carbons (Fsp3) is 0.125. The maximum atomic E-state index is 12.5. The Labute approximate surface area is 174 Å². The van der Waals surface area contributed by atoms with Crippen molar-refractivity contribution < 1.29 is 19.1 Å². The van der Waals surface area contributed by atoms with Crippen LogP contribution in [0.4, 0.5) is 5.69 Å². The molecular weight excluding hydrogens is 380 g/mol. The molecule has 3 aromatic rings. The Morgan fingerprint density at radius 3 is 2.50 bits per heavy atom. The van der Waals surface area contributed by atoms with Gasteiger partial charge in [0.25, 0.3) is 5.91 Å². The summed E-state index contributed by atoms with van der Waals surface area (Å²) in [5, 5.41) is 21.3. The maximum Gasteiger partial charge on any atom is 0.335 e. The summed E-state index contributed by atoms with van der Waals surface area (Å²) >= 11 is 0. The molecule has 0 radical (unpaired) electrons. The quantitative estimate of drug-likeness (QED) is 0.457. The minimum Gasteiger partial charge on any atom is -0.478 e. The largest absolute Gasteiger partial charge is 0.478 e. The molecule has 0 bridgehead atoms. The monoisotopic (exact) mass is 400 g/mol. The average molecular weight is 400 g/mol. The number of carboxylic acids is 1. The van der Waals surface area contributed by atoms with E-state index in [1.807, 2.05) is 32.0 Å². The molecule has 30 heavy (non-hydrogen) atoms. The van der Waals surface area contributed by atoms with Crippen molar-refractivity contribution in [3.8, 4) is 17.4 Å². The highest BCUT2D eigenvalue weighted by molar-refractivity contribution is 6.09. The van der Waals surface area contributed by atoms with E-state index in [4.69, 9.17) is 9.52 Å². The molecule has 2 N–H and O–H groups in total. The normalized spacial score (nSPS) is 11.1. The summed E-state index contributed by atoms with van der Waals surface area (Å²) < 4.78 is 5.77. The highest BCUT2D eigenvalue weighted by atomic mass is 16.4. The first-order chi connectivity index (χ1) is 14.3. The first-order valence-electron chi connectivity index (χ1n) is 9.23. The molecule has 1 amide bonds. The van der Waals surface area contributed by atoms with Crippen LogP contribution in [0.25, 0.3) is 17.4 Å². The van der Waals surface area contributed by atoms with Crippen molar-refractivity contribution in [2.24, 2.45) is 0 Å². The summed E-state index contributed by atoms with van der Waals surface area (Å²) in [6.45, 7) is 5.64. The van der Waals surface area contributed by atoms with Gasteiger partial charge in [-0.3, -0.25) is 4.79 Å². The van der Waals surface area contributed by atoms with Gasteiger partial charge >= 0.3 is 5.97 Å². The molecule has 0 spiro atoms. The number of nitriles is 1. The summed E-state index contributed by atoms with van der Waals surface area (Å²) in [6, 6.07) is 15.6. The number of aryl methyl sites for hydroxylation is 2. The Hall–Kier alpha value is -4.11. The molecule has 0 saturated heterocycles. The second-order valence-electron chi connectivity index (χ2n) is 6.91. The predicted octanol–water partition coefficient (Wildman–Crippen LogP) is 5.12. The highest BCUT2D eigenvalue weighted by Crippen LogP contribution is 2.27. The van der Waals surface area contributed by atoms with Gasteiger partial charge < -0.3 is 14.8 Å². The van der Waals surface area contributed by atoms with Crippen LogP contribution in [0.5, 0.6) is 0 Å². The van der Waals surface area contributed by atoms with Gasteiger partial charge in [0.15, 0.2) is 0 Å². The van der Waals surface area contributed by atoms with Crippen molar-refractivity contribution in [1.29, 1.82) is 5.26 Å². The molecule has 6 nitrogen and oxygen atoms in total. The number of hydrogen-bond acceptors (Lipinski definition) is 4. The lowest BCUT2D eigenvalue weighted by molar-refractivity contribution is -0.112. The molecule has 150 valence electrons. The number of amides is 1. The molecule has 3 rings (SSSR count). The van der Waals surface area contributed by atoms with Crippen molar-refractivity contribution in [3.63, 3.8) is 0 Å². The van der Waals surface area contributed by atoms with Crippen LogP contribution in [0.15, 0.2) is 58.5 Å². The number of furan rings is 1. The zero-order chi connectivity index (χ0) is 21.8. The van der Waals surface area contributed by atoms with Crippen molar-refractivity contribution >= 4 is 23.6 Å². The lowest BCUT2D eigenvalue weighted by Crippen LogP contribution is -2.14. The summed E-state index contributed by atoms with van der Waals surface area (Å²) in [4.78, 5) is 23.6. The molecule has 0 saturated carbocycles. The second-order valence-corrected chi connectivity index (χ2v) is 6.91. The van der Waals surface area contributed by atoms with Crippen molar-refractivity contribution in [3.05, 3.63) is 82.1 Å². The molecule has 0 fully saturated rings. The zero-order valence-corrected chi connectivity index (χ0v) is 16.8. The molecule has 1 heterocycles. The highest BCUT2D eigenvalue weighted by Gasteiger charge is 2.14. The van der Waals surface area contributed by atoms with Crippen molar-refractivity contribution in [1.82, 2.24) is 0 Å². The van der Waals surface area contributed by atoms with Crippen LogP contribution >= 0.6 is 0 Å². The minimum atomic E-state index is -0.999. The number of nitrogens with one attached hydrogen (secondary N) is 1. The number of anilines is 1. The van der Waals surface area contributed by atoms with Gasteiger partial charge in [-0.15, -0.1) is 0 Å². The molecule has 0 aliphatic carbocycles. The smallest absolute Gasteiger partial charge is 0.335 e. The Kier molecular flexibility index (Phi) is 5.84.